The number of rotatable bonds is 5. The topological polar surface area (TPSA) is 65.5 Å². The van der Waals surface area contributed by atoms with Crippen LogP contribution in [0.15, 0.2) is 36.7 Å². The molecule has 0 radical (unpaired) electrons. The van der Waals surface area contributed by atoms with E-state index in [1.165, 1.54) is 33.7 Å². The molecule has 0 saturated heterocycles. The number of aromatic nitrogens is 2. The molecule has 2 aromatic carbocycles. The predicted octanol–water partition coefficient (Wildman–Crippen LogP) is 4.42. The Morgan fingerprint density at radius 2 is 1.56 bits per heavy atom. The van der Waals surface area contributed by atoms with Crippen molar-refractivity contribution >= 4 is 22.4 Å². The van der Waals surface area contributed by atoms with E-state index in [-0.39, 0.29) is 11.2 Å². The molecule has 0 aliphatic carbocycles. The Labute approximate surface area is 152 Å². The monoisotopic (exact) mass is 379 g/mol. The normalized spacial score (nSPS) is 11.3. The summed E-state index contributed by atoms with van der Waals surface area (Å²) in [6.45, 7) is 0. The predicted molar refractivity (Wildman–Crippen MR) is 93.9 cm³/mol. The maximum absolute atomic E-state index is 13.0. The molecule has 0 spiro atoms. The third kappa shape index (κ3) is 3.67. The number of nitrogens with zero attached hydrogens (tertiary/aromatic N) is 2. The molecule has 9 heteroatoms. The zero-order valence-electron chi connectivity index (χ0n) is 14.7. The second-order valence-corrected chi connectivity index (χ2v) is 5.49. The minimum Gasteiger partial charge on any atom is -0.493 e. The quantitative estimate of drug-likeness (QED) is 0.708. The van der Waals surface area contributed by atoms with Crippen molar-refractivity contribution in [3.8, 4) is 17.2 Å². The van der Waals surface area contributed by atoms with Crippen LogP contribution in [-0.4, -0.2) is 31.3 Å². The number of hydrogen-bond donors (Lipinski definition) is 1. The Hall–Kier alpha value is -3.23. The molecular weight excluding hydrogens is 363 g/mol. The van der Waals surface area contributed by atoms with Crippen LogP contribution in [0.1, 0.15) is 5.56 Å². The maximum Gasteiger partial charge on any atom is 0.416 e. The maximum atomic E-state index is 13.0. The highest BCUT2D eigenvalue weighted by molar-refractivity contribution is 5.91. The van der Waals surface area contributed by atoms with Crippen molar-refractivity contribution in [3.05, 3.63) is 42.2 Å². The average Bonchev–Trinajstić information content (AvgIpc) is 2.66. The van der Waals surface area contributed by atoms with Crippen molar-refractivity contribution in [1.29, 1.82) is 0 Å². The summed E-state index contributed by atoms with van der Waals surface area (Å²) in [4.78, 5) is 8.09. The van der Waals surface area contributed by atoms with Crippen LogP contribution in [0, 0.1) is 0 Å². The minimum absolute atomic E-state index is 0.223. The van der Waals surface area contributed by atoms with Gasteiger partial charge in [-0.3, -0.25) is 0 Å². The first-order chi connectivity index (χ1) is 12.9. The molecule has 3 aromatic rings. The lowest BCUT2D eigenvalue weighted by atomic mass is 10.1. The van der Waals surface area contributed by atoms with E-state index in [1.54, 1.807) is 12.1 Å². The molecule has 3 rings (SSSR count). The van der Waals surface area contributed by atoms with Crippen molar-refractivity contribution in [1.82, 2.24) is 9.97 Å². The summed E-state index contributed by atoms with van der Waals surface area (Å²) in [6.07, 6.45) is -3.19. The van der Waals surface area contributed by atoms with Gasteiger partial charge in [0.15, 0.2) is 11.5 Å². The fourth-order valence-electron chi connectivity index (χ4n) is 2.62. The molecule has 0 unspecified atom stereocenters. The number of nitrogens with one attached hydrogen (secondary N) is 1. The molecule has 1 aromatic heterocycles. The first-order valence-electron chi connectivity index (χ1n) is 7.76. The molecule has 0 aliphatic heterocycles. The van der Waals surface area contributed by atoms with Gasteiger partial charge in [0, 0.05) is 23.2 Å². The van der Waals surface area contributed by atoms with Gasteiger partial charge in [0.1, 0.15) is 12.1 Å². The summed E-state index contributed by atoms with van der Waals surface area (Å²) in [5.41, 5.74) is 0.104. The number of fused-ring (bicyclic) bond motifs is 1. The first-order valence-corrected chi connectivity index (χ1v) is 7.76. The number of benzene rings is 2. The van der Waals surface area contributed by atoms with Gasteiger partial charge in [-0.05, 0) is 18.2 Å². The van der Waals surface area contributed by atoms with E-state index in [2.05, 4.69) is 15.3 Å². The zero-order chi connectivity index (χ0) is 19.6. The lowest BCUT2D eigenvalue weighted by molar-refractivity contribution is -0.137. The summed E-state index contributed by atoms with van der Waals surface area (Å²) in [7, 11) is 4.41. The van der Waals surface area contributed by atoms with Crippen molar-refractivity contribution in [2.45, 2.75) is 6.18 Å². The van der Waals surface area contributed by atoms with E-state index < -0.39 is 11.7 Å². The Balaban J connectivity index is 2.09. The largest absolute Gasteiger partial charge is 0.493 e. The Morgan fingerprint density at radius 3 is 2.11 bits per heavy atom. The standard InChI is InChI=1S/C18H16F3N3O3/c1-25-14-7-11(8-15(26-2)16(14)27-3)24-17-12-6-10(18(19,20)21)4-5-13(12)22-9-23-17/h4-9H,1-3H3,(H,22,23,24). The van der Waals surface area contributed by atoms with Gasteiger partial charge in [-0.2, -0.15) is 13.2 Å². The number of ether oxygens (including phenoxy) is 3. The van der Waals surface area contributed by atoms with Crippen LogP contribution in [0.25, 0.3) is 10.9 Å². The third-order valence-corrected chi connectivity index (χ3v) is 3.89. The molecule has 0 aliphatic rings. The van der Waals surface area contributed by atoms with Crippen molar-refractivity contribution in [2.24, 2.45) is 0 Å². The van der Waals surface area contributed by atoms with Gasteiger partial charge < -0.3 is 19.5 Å². The number of methoxy groups -OCH3 is 3. The Morgan fingerprint density at radius 1 is 0.889 bits per heavy atom. The van der Waals surface area contributed by atoms with E-state index in [4.69, 9.17) is 14.2 Å². The molecule has 0 bridgehead atoms. The van der Waals surface area contributed by atoms with Crippen molar-refractivity contribution in [3.63, 3.8) is 0 Å². The van der Waals surface area contributed by atoms with Crippen molar-refractivity contribution in [2.75, 3.05) is 26.6 Å². The number of alkyl halides is 3. The molecule has 0 fully saturated rings. The van der Waals surface area contributed by atoms with Crippen LogP contribution in [0.2, 0.25) is 0 Å². The third-order valence-electron chi connectivity index (χ3n) is 3.89. The van der Waals surface area contributed by atoms with Crippen molar-refractivity contribution < 1.29 is 27.4 Å². The summed E-state index contributed by atoms with van der Waals surface area (Å²) in [5.74, 6) is 1.42. The van der Waals surface area contributed by atoms with Crippen LogP contribution in [0.5, 0.6) is 17.2 Å². The smallest absolute Gasteiger partial charge is 0.416 e. The Bertz CT molecular complexity index is 952. The van der Waals surface area contributed by atoms with Gasteiger partial charge in [0.25, 0.3) is 0 Å². The molecular formula is C18H16F3N3O3. The molecule has 1 heterocycles. The SMILES string of the molecule is COc1cc(Nc2ncnc3ccc(C(F)(F)F)cc23)cc(OC)c1OC. The minimum atomic E-state index is -4.46. The summed E-state index contributed by atoms with van der Waals surface area (Å²) < 4.78 is 55.0. The van der Waals surface area contributed by atoms with Crippen LogP contribution >= 0.6 is 0 Å². The lowest BCUT2D eigenvalue weighted by Crippen LogP contribution is -2.05. The van der Waals surface area contributed by atoms with E-state index in [1.807, 2.05) is 0 Å². The number of hydrogen-bond acceptors (Lipinski definition) is 6. The second-order valence-electron chi connectivity index (χ2n) is 5.49. The van der Waals surface area contributed by atoms with Crippen LogP contribution in [0.3, 0.4) is 0 Å². The van der Waals surface area contributed by atoms with E-state index in [9.17, 15) is 13.2 Å². The van der Waals surface area contributed by atoms with E-state index in [0.717, 1.165) is 12.1 Å². The highest BCUT2D eigenvalue weighted by atomic mass is 19.4. The molecule has 1 N–H and O–H groups in total. The van der Waals surface area contributed by atoms with Gasteiger partial charge in [0.2, 0.25) is 5.75 Å². The molecule has 0 saturated carbocycles. The van der Waals surface area contributed by atoms with Crippen LogP contribution < -0.4 is 19.5 Å². The molecule has 0 amide bonds. The molecule has 142 valence electrons. The number of anilines is 2. The zero-order valence-corrected chi connectivity index (χ0v) is 14.7. The Kier molecular flexibility index (Phi) is 4.93. The number of halogens is 3. The van der Waals surface area contributed by atoms with E-state index in [0.29, 0.717) is 28.5 Å². The van der Waals surface area contributed by atoms with Gasteiger partial charge in [-0.15, -0.1) is 0 Å². The van der Waals surface area contributed by atoms with Crippen LogP contribution in [0.4, 0.5) is 24.7 Å². The highest BCUT2D eigenvalue weighted by Gasteiger charge is 2.30. The van der Waals surface area contributed by atoms with Gasteiger partial charge in [0.05, 0.1) is 32.4 Å². The fourth-order valence-corrected chi connectivity index (χ4v) is 2.62. The molecule has 6 nitrogen and oxygen atoms in total. The van der Waals surface area contributed by atoms with Crippen LogP contribution in [-0.2, 0) is 6.18 Å². The van der Waals surface area contributed by atoms with Gasteiger partial charge in [-0.1, -0.05) is 0 Å². The molecule has 0 atom stereocenters. The second kappa shape index (κ2) is 7.18. The van der Waals surface area contributed by atoms with Gasteiger partial charge >= 0.3 is 6.18 Å². The summed E-state index contributed by atoms with van der Waals surface area (Å²) in [6, 6.07) is 6.56. The molecule has 27 heavy (non-hydrogen) atoms. The first kappa shape index (κ1) is 18.6. The van der Waals surface area contributed by atoms with E-state index >= 15 is 0 Å². The summed E-state index contributed by atoms with van der Waals surface area (Å²) >= 11 is 0. The van der Waals surface area contributed by atoms with Gasteiger partial charge in [-0.25, -0.2) is 9.97 Å². The summed E-state index contributed by atoms with van der Waals surface area (Å²) in [5, 5.41) is 3.23. The fraction of sp³-hybridized carbons (Fsp3) is 0.222. The average molecular weight is 379 g/mol. The lowest BCUT2D eigenvalue weighted by Gasteiger charge is -2.15. The highest BCUT2D eigenvalue weighted by Crippen LogP contribution is 2.41.